The Labute approximate surface area is 148 Å². The summed E-state index contributed by atoms with van der Waals surface area (Å²) in [6.07, 6.45) is 2.37. The summed E-state index contributed by atoms with van der Waals surface area (Å²) in [6.45, 7) is 2.03. The molecular formula is C17H17FN4O2S. The molecular weight excluding hydrogens is 343 g/mol. The van der Waals surface area contributed by atoms with Gasteiger partial charge >= 0.3 is 5.97 Å². The van der Waals surface area contributed by atoms with Crippen LogP contribution in [-0.4, -0.2) is 36.1 Å². The van der Waals surface area contributed by atoms with Crippen molar-refractivity contribution < 1.29 is 14.3 Å². The van der Waals surface area contributed by atoms with Gasteiger partial charge in [-0.05, 0) is 42.8 Å². The van der Waals surface area contributed by atoms with Crippen LogP contribution in [0.15, 0.2) is 41.4 Å². The van der Waals surface area contributed by atoms with E-state index in [0.29, 0.717) is 28.5 Å². The second-order valence-electron chi connectivity index (χ2n) is 5.56. The van der Waals surface area contributed by atoms with E-state index >= 15 is 0 Å². The van der Waals surface area contributed by atoms with E-state index in [2.05, 4.69) is 15.3 Å². The second kappa shape index (κ2) is 7.60. The van der Waals surface area contributed by atoms with Gasteiger partial charge in [-0.15, -0.1) is 10.2 Å². The van der Waals surface area contributed by atoms with Gasteiger partial charge in [0.25, 0.3) is 0 Å². The molecule has 1 N–H and O–H groups in total. The average molecular weight is 360 g/mol. The van der Waals surface area contributed by atoms with Crippen LogP contribution in [0.1, 0.15) is 26.2 Å². The molecule has 2 heterocycles. The van der Waals surface area contributed by atoms with Gasteiger partial charge in [0, 0.05) is 5.56 Å². The second-order valence-corrected chi connectivity index (χ2v) is 6.78. The summed E-state index contributed by atoms with van der Waals surface area (Å²) in [5.74, 6) is -0.692. The number of aliphatic carboxylic acids is 1. The number of hydrogen-bond acceptors (Lipinski definition) is 5. The highest BCUT2D eigenvalue weighted by molar-refractivity contribution is 8.00. The number of fused-ring (bicyclic) bond motifs is 1. The van der Waals surface area contributed by atoms with Gasteiger partial charge in [0.05, 0.1) is 0 Å². The summed E-state index contributed by atoms with van der Waals surface area (Å²) in [7, 11) is 0. The first-order valence-electron chi connectivity index (χ1n) is 7.96. The van der Waals surface area contributed by atoms with E-state index in [9.17, 15) is 14.3 Å². The highest BCUT2D eigenvalue weighted by Crippen LogP contribution is 2.26. The first-order valence-corrected chi connectivity index (χ1v) is 8.84. The van der Waals surface area contributed by atoms with Gasteiger partial charge < -0.3 is 5.11 Å². The molecule has 0 saturated heterocycles. The van der Waals surface area contributed by atoms with Crippen LogP contribution in [0.2, 0.25) is 0 Å². The van der Waals surface area contributed by atoms with Crippen molar-refractivity contribution in [3.63, 3.8) is 0 Å². The van der Waals surface area contributed by atoms with Crippen molar-refractivity contribution in [2.24, 2.45) is 0 Å². The molecule has 6 nitrogen and oxygen atoms in total. The van der Waals surface area contributed by atoms with Gasteiger partial charge in [0.15, 0.2) is 11.5 Å². The summed E-state index contributed by atoms with van der Waals surface area (Å²) in [4.78, 5) is 11.4. The highest BCUT2D eigenvalue weighted by Gasteiger charge is 2.20. The summed E-state index contributed by atoms with van der Waals surface area (Å²) >= 11 is 1.21. The Kier molecular flexibility index (Phi) is 5.28. The Morgan fingerprint density at radius 3 is 2.68 bits per heavy atom. The van der Waals surface area contributed by atoms with E-state index in [4.69, 9.17) is 0 Å². The average Bonchev–Trinajstić information content (AvgIpc) is 3.02. The van der Waals surface area contributed by atoms with Gasteiger partial charge in [-0.3, -0.25) is 4.79 Å². The number of carboxylic acid groups (broad SMARTS) is 1. The molecule has 0 aliphatic carbocycles. The minimum absolute atomic E-state index is 0.331. The third-order valence-electron chi connectivity index (χ3n) is 3.70. The normalized spacial score (nSPS) is 12.4. The van der Waals surface area contributed by atoms with E-state index in [1.807, 2.05) is 6.92 Å². The maximum atomic E-state index is 13.1. The topological polar surface area (TPSA) is 80.4 Å². The number of benzene rings is 1. The zero-order valence-corrected chi connectivity index (χ0v) is 14.4. The molecule has 8 heteroatoms. The fourth-order valence-electron chi connectivity index (χ4n) is 2.38. The zero-order chi connectivity index (χ0) is 17.8. The molecule has 0 saturated carbocycles. The van der Waals surface area contributed by atoms with Crippen molar-refractivity contribution in [3.8, 4) is 11.4 Å². The SMILES string of the molecule is CCCC[C@@H](Sc1ccc2nnc(-c3ccc(F)cc3)n2n1)C(=O)O. The van der Waals surface area contributed by atoms with Crippen LogP contribution >= 0.6 is 11.8 Å². The van der Waals surface area contributed by atoms with Gasteiger partial charge in [-0.2, -0.15) is 9.61 Å². The fraction of sp³-hybridized carbons (Fsp3) is 0.294. The molecule has 2 aromatic heterocycles. The van der Waals surface area contributed by atoms with Gasteiger partial charge in [0.2, 0.25) is 0 Å². The van der Waals surface area contributed by atoms with Gasteiger partial charge in [-0.1, -0.05) is 31.5 Å². The molecule has 3 aromatic rings. The summed E-state index contributed by atoms with van der Waals surface area (Å²) in [5, 5.41) is 22.0. The smallest absolute Gasteiger partial charge is 0.317 e. The predicted octanol–water partition coefficient (Wildman–Crippen LogP) is 3.67. The lowest BCUT2D eigenvalue weighted by Gasteiger charge is -2.10. The first-order chi connectivity index (χ1) is 12.1. The number of aromatic nitrogens is 4. The minimum Gasteiger partial charge on any atom is -0.480 e. The Morgan fingerprint density at radius 2 is 2.00 bits per heavy atom. The number of halogens is 1. The molecule has 0 unspecified atom stereocenters. The Hall–Kier alpha value is -2.48. The van der Waals surface area contributed by atoms with Crippen molar-refractivity contribution in [3.05, 3.63) is 42.2 Å². The number of rotatable bonds is 7. The molecule has 1 atom stereocenters. The molecule has 0 spiro atoms. The lowest BCUT2D eigenvalue weighted by atomic mass is 10.2. The van der Waals surface area contributed by atoms with Crippen molar-refractivity contribution in [1.29, 1.82) is 0 Å². The Balaban J connectivity index is 1.92. The standard InChI is InChI=1S/C17H17FN4O2S/c1-2-3-4-13(17(23)24)25-15-10-9-14-19-20-16(22(14)21-15)11-5-7-12(18)8-6-11/h5-10,13H,2-4H2,1H3,(H,23,24)/t13-/m1/s1. The van der Waals surface area contributed by atoms with Crippen molar-refractivity contribution in [2.75, 3.05) is 0 Å². The molecule has 0 bridgehead atoms. The molecule has 0 aliphatic rings. The molecule has 0 aliphatic heterocycles. The summed E-state index contributed by atoms with van der Waals surface area (Å²) < 4.78 is 14.7. The van der Waals surface area contributed by atoms with Crippen LogP contribution in [0.4, 0.5) is 4.39 Å². The Bertz CT molecular complexity index is 882. The van der Waals surface area contributed by atoms with Crippen molar-refractivity contribution in [2.45, 2.75) is 36.5 Å². The lowest BCUT2D eigenvalue weighted by molar-refractivity contribution is -0.136. The molecule has 0 radical (unpaired) electrons. The monoisotopic (exact) mass is 360 g/mol. The summed E-state index contributed by atoms with van der Waals surface area (Å²) in [5.41, 5.74) is 1.23. The van der Waals surface area contributed by atoms with E-state index in [0.717, 1.165) is 12.8 Å². The zero-order valence-electron chi connectivity index (χ0n) is 13.6. The Morgan fingerprint density at radius 1 is 1.24 bits per heavy atom. The van der Waals surface area contributed by atoms with E-state index in [-0.39, 0.29) is 5.82 Å². The maximum Gasteiger partial charge on any atom is 0.317 e. The predicted molar refractivity (Wildman–Crippen MR) is 93.0 cm³/mol. The van der Waals surface area contributed by atoms with E-state index < -0.39 is 11.2 Å². The largest absolute Gasteiger partial charge is 0.480 e. The van der Waals surface area contributed by atoms with Crippen LogP contribution in [0.3, 0.4) is 0 Å². The molecule has 1 aromatic carbocycles. The summed E-state index contributed by atoms with van der Waals surface area (Å²) in [6, 6.07) is 9.39. The fourth-order valence-corrected chi connectivity index (χ4v) is 3.33. The van der Waals surface area contributed by atoms with Gasteiger partial charge in [0.1, 0.15) is 16.1 Å². The molecule has 130 valence electrons. The minimum atomic E-state index is -0.845. The first kappa shape index (κ1) is 17.3. The number of hydrogen-bond donors (Lipinski definition) is 1. The lowest BCUT2D eigenvalue weighted by Crippen LogP contribution is -2.16. The van der Waals surface area contributed by atoms with Crippen LogP contribution in [0.5, 0.6) is 0 Å². The van der Waals surface area contributed by atoms with Crippen LogP contribution < -0.4 is 0 Å². The maximum absolute atomic E-state index is 13.1. The molecule has 25 heavy (non-hydrogen) atoms. The number of carboxylic acids is 1. The molecule has 0 amide bonds. The highest BCUT2D eigenvalue weighted by atomic mass is 32.2. The van der Waals surface area contributed by atoms with Gasteiger partial charge in [-0.25, -0.2) is 4.39 Å². The van der Waals surface area contributed by atoms with Crippen LogP contribution in [0, 0.1) is 5.82 Å². The quantitative estimate of drug-likeness (QED) is 0.648. The van der Waals surface area contributed by atoms with E-state index in [1.165, 1.54) is 23.9 Å². The van der Waals surface area contributed by atoms with Crippen molar-refractivity contribution in [1.82, 2.24) is 19.8 Å². The number of unbranched alkanes of at least 4 members (excludes halogenated alkanes) is 1. The van der Waals surface area contributed by atoms with Crippen molar-refractivity contribution >= 4 is 23.4 Å². The number of carbonyl (C=O) groups is 1. The number of nitrogens with zero attached hydrogens (tertiary/aromatic N) is 4. The third-order valence-corrected chi connectivity index (χ3v) is 4.88. The molecule has 0 fully saturated rings. The number of thioether (sulfide) groups is 1. The third kappa shape index (κ3) is 3.96. The molecule has 3 rings (SSSR count). The van der Waals surface area contributed by atoms with E-state index in [1.54, 1.807) is 28.8 Å². The van der Waals surface area contributed by atoms with Crippen LogP contribution in [0.25, 0.3) is 17.0 Å². The van der Waals surface area contributed by atoms with Crippen LogP contribution in [-0.2, 0) is 4.79 Å².